The quantitative estimate of drug-likeness (QED) is 0.368. The Morgan fingerprint density at radius 2 is 1.66 bits per heavy atom. The molecule has 1 aliphatic heterocycles. The second-order valence-electron chi connectivity index (χ2n) is 8.99. The molecule has 2 aromatic rings. The average Bonchev–Trinajstić information content (AvgIpc) is 3.09. The fourth-order valence-electron chi connectivity index (χ4n) is 4.41. The summed E-state index contributed by atoms with van der Waals surface area (Å²) in [4.78, 5) is 54.4. The number of imide groups is 1. The van der Waals surface area contributed by atoms with Gasteiger partial charge in [0.25, 0.3) is 11.8 Å². The van der Waals surface area contributed by atoms with Gasteiger partial charge in [0.2, 0.25) is 11.8 Å². The normalized spacial score (nSPS) is 13.5. The molecule has 0 spiro atoms. The monoisotopic (exact) mass is 477 g/mol. The maximum Gasteiger partial charge on any atom is 0.261 e. The van der Waals surface area contributed by atoms with Crippen LogP contribution >= 0.6 is 0 Å². The van der Waals surface area contributed by atoms with Crippen LogP contribution in [0.4, 0.5) is 0 Å². The van der Waals surface area contributed by atoms with Crippen LogP contribution in [0.5, 0.6) is 0 Å². The molecule has 4 amide bonds. The summed E-state index contributed by atoms with van der Waals surface area (Å²) < 4.78 is 0. The number of nitrogens with one attached hydrogen (secondary N) is 1. The molecule has 1 N–H and O–H groups in total. The molecule has 1 atom stereocenters. The Bertz CT molecular complexity index is 1050. The van der Waals surface area contributed by atoms with Crippen molar-refractivity contribution in [2.75, 3.05) is 13.1 Å². The fraction of sp³-hybridized carbons (Fsp3) is 0.429. The van der Waals surface area contributed by atoms with Crippen LogP contribution < -0.4 is 5.32 Å². The van der Waals surface area contributed by atoms with Crippen molar-refractivity contribution in [2.45, 2.75) is 65.5 Å². The largest absolute Gasteiger partial charge is 0.354 e. The Morgan fingerprint density at radius 1 is 0.971 bits per heavy atom. The molecule has 1 aliphatic rings. The second kappa shape index (κ2) is 12.3. The minimum atomic E-state index is -0.584. The second-order valence-corrected chi connectivity index (χ2v) is 8.99. The number of hydrogen-bond acceptors (Lipinski definition) is 4. The molecule has 0 saturated carbocycles. The van der Waals surface area contributed by atoms with Crippen LogP contribution in [0.15, 0.2) is 48.5 Å². The van der Waals surface area contributed by atoms with E-state index in [9.17, 15) is 19.2 Å². The average molecular weight is 478 g/mol. The molecule has 0 aromatic heterocycles. The maximum atomic E-state index is 13.4. The van der Waals surface area contributed by atoms with Crippen molar-refractivity contribution < 1.29 is 19.2 Å². The van der Waals surface area contributed by atoms with Crippen molar-refractivity contribution in [1.82, 2.24) is 15.1 Å². The molecule has 7 nitrogen and oxygen atoms in total. The van der Waals surface area contributed by atoms with E-state index < -0.39 is 6.04 Å². The van der Waals surface area contributed by atoms with E-state index in [0.29, 0.717) is 37.1 Å². The van der Waals surface area contributed by atoms with Gasteiger partial charge in [-0.15, -0.1) is 0 Å². The molecule has 186 valence electrons. The summed E-state index contributed by atoms with van der Waals surface area (Å²) in [7, 11) is 0. The van der Waals surface area contributed by atoms with Gasteiger partial charge in [-0.25, -0.2) is 0 Å². The van der Waals surface area contributed by atoms with E-state index in [-0.39, 0.29) is 36.6 Å². The van der Waals surface area contributed by atoms with Crippen molar-refractivity contribution in [3.63, 3.8) is 0 Å². The molecule has 0 fully saturated rings. The molecular weight excluding hydrogens is 442 g/mol. The van der Waals surface area contributed by atoms with Gasteiger partial charge in [-0.05, 0) is 43.9 Å². The number of fused-ring (bicyclic) bond motifs is 1. The summed E-state index contributed by atoms with van der Waals surface area (Å²) in [5, 5.41) is 2.96. The predicted molar refractivity (Wildman–Crippen MR) is 135 cm³/mol. The van der Waals surface area contributed by atoms with Crippen molar-refractivity contribution in [3.8, 4) is 0 Å². The Balaban J connectivity index is 1.69. The minimum absolute atomic E-state index is 0.137. The lowest BCUT2D eigenvalue weighted by atomic mass is 10.1. The van der Waals surface area contributed by atoms with Crippen molar-refractivity contribution >= 4 is 23.6 Å². The van der Waals surface area contributed by atoms with Crippen molar-refractivity contribution in [1.29, 1.82) is 0 Å². The molecule has 0 saturated heterocycles. The molecular formula is C28H35N3O4. The summed E-state index contributed by atoms with van der Waals surface area (Å²) in [5.74, 6) is -0.962. The highest BCUT2D eigenvalue weighted by atomic mass is 16.2. The Morgan fingerprint density at radius 3 is 2.26 bits per heavy atom. The van der Waals surface area contributed by atoms with Crippen LogP contribution in [0.25, 0.3) is 0 Å². The van der Waals surface area contributed by atoms with E-state index in [2.05, 4.69) is 12.2 Å². The van der Waals surface area contributed by atoms with Gasteiger partial charge in [-0.1, -0.05) is 62.2 Å². The maximum absolute atomic E-state index is 13.4. The Kier molecular flexibility index (Phi) is 9.18. The van der Waals surface area contributed by atoms with Crippen LogP contribution in [0, 0.1) is 6.92 Å². The lowest BCUT2D eigenvalue weighted by molar-refractivity contribution is -0.141. The van der Waals surface area contributed by atoms with Crippen LogP contribution in [0.2, 0.25) is 0 Å². The number of hydrogen-bond donors (Lipinski definition) is 1. The number of nitrogens with zero attached hydrogens (tertiary/aromatic N) is 2. The topological polar surface area (TPSA) is 86.8 Å². The zero-order valence-electron chi connectivity index (χ0n) is 20.9. The number of amides is 4. The summed E-state index contributed by atoms with van der Waals surface area (Å²) in [6, 6.07) is 14.1. The standard InChI is InChI=1S/C28H35N3O4/c1-4-6-16-29-26(33)24(5-2)31(19-21-12-9-11-20(3)18-21)25(32)15-10-17-30-27(34)22-13-7-8-14-23(22)28(30)35/h7-9,11-14,18,24H,4-6,10,15-17,19H2,1-3H3,(H,29,33). The molecule has 3 rings (SSSR count). The van der Waals surface area contributed by atoms with E-state index >= 15 is 0 Å². The van der Waals surface area contributed by atoms with Gasteiger partial charge < -0.3 is 10.2 Å². The Hall–Kier alpha value is -3.48. The summed E-state index contributed by atoms with van der Waals surface area (Å²) in [6.07, 6.45) is 2.82. The third-order valence-electron chi connectivity index (χ3n) is 6.30. The predicted octanol–water partition coefficient (Wildman–Crippen LogP) is 4.09. The van der Waals surface area contributed by atoms with Gasteiger partial charge in [-0.3, -0.25) is 24.1 Å². The van der Waals surface area contributed by atoms with Crippen LogP contribution in [-0.4, -0.2) is 52.6 Å². The molecule has 0 radical (unpaired) electrons. The van der Waals surface area contributed by atoms with Gasteiger partial charge in [0.05, 0.1) is 11.1 Å². The number of unbranched alkanes of at least 4 members (excludes halogenated alkanes) is 1. The lowest BCUT2D eigenvalue weighted by Crippen LogP contribution is -2.49. The zero-order valence-corrected chi connectivity index (χ0v) is 20.9. The summed E-state index contributed by atoms with van der Waals surface area (Å²) in [5.41, 5.74) is 2.85. The van der Waals surface area contributed by atoms with E-state index in [1.807, 2.05) is 38.1 Å². The van der Waals surface area contributed by atoms with E-state index in [0.717, 1.165) is 24.0 Å². The highest BCUT2D eigenvalue weighted by Crippen LogP contribution is 2.23. The van der Waals surface area contributed by atoms with Crippen molar-refractivity contribution in [2.24, 2.45) is 0 Å². The number of aryl methyl sites for hydroxylation is 1. The Labute approximate surface area is 207 Å². The van der Waals surface area contributed by atoms with Crippen molar-refractivity contribution in [3.05, 3.63) is 70.8 Å². The van der Waals surface area contributed by atoms with E-state index in [1.54, 1.807) is 29.2 Å². The first-order chi connectivity index (χ1) is 16.9. The molecule has 1 heterocycles. The zero-order chi connectivity index (χ0) is 25.4. The van der Waals surface area contributed by atoms with Gasteiger partial charge in [0, 0.05) is 26.1 Å². The van der Waals surface area contributed by atoms with E-state index in [4.69, 9.17) is 0 Å². The van der Waals surface area contributed by atoms with Gasteiger partial charge in [0.1, 0.15) is 6.04 Å². The number of benzene rings is 2. The van der Waals surface area contributed by atoms with Gasteiger partial charge in [-0.2, -0.15) is 0 Å². The third-order valence-corrected chi connectivity index (χ3v) is 6.30. The molecule has 0 aliphatic carbocycles. The third kappa shape index (κ3) is 6.35. The molecule has 35 heavy (non-hydrogen) atoms. The summed E-state index contributed by atoms with van der Waals surface area (Å²) in [6.45, 7) is 7.03. The first kappa shape index (κ1) is 26.1. The smallest absolute Gasteiger partial charge is 0.261 e. The number of carbonyl (C=O) groups is 4. The first-order valence-electron chi connectivity index (χ1n) is 12.4. The SMILES string of the molecule is CCCCNC(=O)C(CC)N(Cc1cccc(C)c1)C(=O)CCCN1C(=O)c2ccccc2C1=O. The van der Waals surface area contributed by atoms with Crippen LogP contribution in [0.1, 0.15) is 77.8 Å². The first-order valence-corrected chi connectivity index (χ1v) is 12.4. The van der Waals surface area contributed by atoms with Gasteiger partial charge >= 0.3 is 0 Å². The molecule has 1 unspecified atom stereocenters. The fourth-order valence-corrected chi connectivity index (χ4v) is 4.41. The number of rotatable bonds is 12. The highest BCUT2D eigenvalue weighted by molar-refractivity contribution is 6.21. The van der Waals surface area contributed by atoms with Gasteiger partial charge in [0.15, 0.2) is 0 Å². The lowest BCUT2D eigenvalue weighted by Gasteiger charge is -2.31. The highest BCUT2D eigenvalue weighted by Gasteiger charge is 2.35. The minimum Gasteiger partial charge on any atom is -0.354 e. The molecule has 7 heteroatoms. The number of carbonyl (C=O) groups excluding carboxylic acids is 4. The van der Waals surface area contributed by atoms with Crippen LogP contribution in [0.3, 0.4) is 0 Å². The summed E-state index contributed by atoms with van der Waals surface area (Å²) >= 11 is 0. The molecule has 2 aromatic carbocycles. The van der Waals surface area contributed by atoms with E-state index in [1.165, 1.54) is 4.90 Å². The van der Waals surface area contributed by atoms with Crippen LogP contribution in [-0.2, 0) is 16.1 Å². The molecule has 0 bridgehead atoms.